The van der Waals surface area contributed by atoms with Gasteiger partial charge in [0, 0.05) is 12.2 Å². The monoisotopic (exact) mass is 305 g/mol. The molecule has 0 spiro atoms. The van der Waals surface area contributed by atoms with Crippen molar-refractivity contribution in [3.8, 4) is 0 Å². The maximum absolute atomic E-state index is 13.0. The molecule has 2 aromatic carbocycles. The molecule has 100 valence electrons. The maximum Gasteiger partial charge on any atom is 0.194 e. The van der Waals surface area contributed by atoms with Gasteiger partial charge < -0.3 is 5.32 Å². The topological polar surface area (TPSA) is 12.0 Å². The van der Waals surface area contributed by atoms with Crippen LogP contribution in [0.3, 0.4) is 0 Å². The minimum Gasteiger partial charge on any atom is -0.381 e. The molecule has 0 saturated heterocycles. The largest absolute Gasteiger partial charge is 0.381 e. The molecule has 0 bridgehead atoms. The summed E-state index contributed by atoms with van der Waals surface area (Å²) in [5.41, 5.74) is 0.919. The average molecular weight is 306 g/mol. The zero-order valence-electron chi connectivity index (χ0n) is 9.48. The van der Waals surface area contributed by atoms with Crippen LogP contribution < -0.4 is 5.32 Å². The summed E-state index contributed by atoms with van der Waals surface area (Å²) in [7, 11) is 0. The molecule has 0 heterocycles. The third-order valence-electron chi connectivity index (χ3n) is 2.46. The molecular formula is C13H8Cl2F3N. The van der Waals surface area contributed by atoms with E-state index >= 15 is 0 Å². The predicted octanol–water partition coefficient (Wildman–Crippen LogP) is 5.02. The van der Waals surface area contributed by atoms with E-state index in [9.17, 15) is 13.2 Å². The van der Waals surface area contributed by atoms with Crippen molar-refractivity contribution in [1.29, 1.82) is 0 Å². The number of halogens is 5. The van der Waals surface area contributed by atoms with Gasteiger partial charge in [-0.2, -0.15) is 0 Å². The molecule has 0 atom stereocenters. The zero-order chi connectivity index (χ0) is 14.0. The summed E-state index contributed by atoms with van der Waals surface area (Å²) in [6.45, 7) is 0.131. The van der Waals surface area contributed by atoms with E-state index < -0.39 is 17.5 Å². The fourth-order valence-electron chi connectivity index (χ4n) is 1.52. The summed E-state index contributed by atoms with van der Waals surface area (Å²) < 4.78 is 38.8. The van der Waals surface area contributed by atoms with E-state index in [1.54, 1.807) is 18.2 Å². The van der Waals surface area contributed by atoms with Gasteiger partial charge in [0.2, 0.25) is 0 Å². The van der Waals surface area contributed by atoms with E-state index in [-0.39, 0.29) is 12.1 Å². The summed E-state index contributed by atoms with van der Waals surface area (Å²) in [5.74, 6) is -3.91. The lowest BCUT2D eigenvalue weighted by Gasteiger charge is -2.08. The van der Waals surface area contributed by atoms with Gasteiger partial charge in [-0.1, -0.05) is 23.2 Å². The van der Waals surface area contributed by atoms with Gasteiger partial charge in [0.05, 0.1) is 10.0 Å². The van der Waals surface area contributed by atoms with Crippen molar-refractivity contribution in [2.75, 3.05) is 5.32 Å². The summed E-state index contributed by atoms with van der Waals surface area (Å²) in [4.78, 5) is 0. The van der Waals surface area contributed by atoms with Gasteiger partial charge in [-0.05, 0) is 35.9 Å². The molecule has 0 fully saturated rings. The summed E-state index contributed by atoms with van der Waals surface area (Å²) in [6, 6.07) is 6.72. The van der Waals surface area contributed by atoms with E-state index in [1.165, 1.54) is 0 Å². The molecular weight excluding hydrogens is 298 g/mol. The number of nitrogens with one attached hydrogen (secondary N) is 1. The molecule has 1 nitrogen and oxygen atoms in total. The van der Waals surface area contributed by atoms with Crippen LogP contribution in [0.15, 0.2) is 30.3 Å². The Kier molecular flexibility index (Phi) is 4.22. The van der Waals surface area contributed by atoms with Gasteiger partial charge in [0.15, 0.2) is 17.5 Å². The Morgan fingerprint density at radius 2 is 1.53 bits per heavy atom. The molecule has 2 aromatic rings. The Bertz CT molecular complexity index is 594. The van der Waals surface area contributed by atoms with Crippen molar-refractivity contribution in [2.45, 2.75) is 6.54 Å². The SMILES string of the molecule is Fc1cc(CNc2ccc(Cl)c(Cl)c2)cc(F)c1F. The fourth-order valence-corrected chi connectivity index (χ4v) is 1.82. The maximum atomic E-state index is 13.0. The quantitative estimate of drug-likeness (QED) is 0.785. The van der Waals surface area contributed by atoms with Crippen LogP contribution in [0.4, 0.5) is 18.9 Å². The van der Waals surface area contributed by atoms with Gasteiger partial charge in [-0.25, -0.2) is 13.2 Å². The van der Waals surface area contributed by atoms with Gasteiger partial charge in [0.25, 0.3) is 0 Å². The lowest BCUT2D eigenvalue weighted by Crippen LogP contribution is -2.02. The number of hydrogen-bond acceptors (Lipinski definition) is 1. The Balaban J connectivity index is 2.12. The number of rotatable bonds is 3. The van der Waals surface area contributed by atoms with Crippen LogP contribution in [0.5, 0.6) is 0 Å². The normalized spacial score (nSPS) is 10.6. The smallest absolute Gasteiger partial charge is 0.194 e. The first-order valence-corrected chi connectivity index (χ1v) is 6.05. The van der Waals surface area contributed by atoms with E-state index in [0.29, 0.717) is 15.7 Å². The van der Waals surface area contributed by atoms with E-state index in [4.69, 9.17) is 23.2 Å². The van der Waals surface area contributed by atoms with Crippen LogP contribution in [0, 0.1) is 17.5 Å². The third kappa shape index (κ3) is 3.33. The Morgan fingerprint density at radius 3 is 2.11 bits per heavy atom. The molecule has 1 N–H and O–H groups in total. The molecule has 0 aliphatic carbocycles. The van der Waals surface area contributed by atoms with Crippen molar-refractivity contribution in [1.82, 2.24) is 0 Å². The minimum atomic E-state index is -1.47. The van der Waals surface area contributed by atoms with E-state index in [0.717, 1.165) is 12.1 Å². The number of benzene rings is 2. The van der Waals surface area contributed by atoms with Crippen molar-refractivity contribution in [3.05, 3.63) is 63.4 Å². The van der Waals surface area contributed by atoms with Crippen LogP contribution in [0.1, 0.15) is 5.56 Å². The summed E-state index contributed by atoms with van der Waals surface area (Å²) in [5, 5.41) is 3.68. The Labute approximate surface area is 118 Å². The third-order valence-corrected chi connectivity index (χ3v) is 3.20. The standard InChI is InChI=1S/C13H8Cl2F3N/c14-9-2-1-8(5-10(9)15)19-6-7-3-11(16)13(18)12(17)4-7/h1-5,19H,6H2. The second-order valence-electron chi connectivity index (χ2n) is 3.86. The van der Waals surface area contributed by atoms with Gasteiger partial charge in [-0.3, -0.25) is 0 Å². The molecule has 19 heavy (non-hydrogen) atoms. The first kappa shape index (κ1) is 14.0. The Morgan fingerprint density at radius 1 is 0.895 bits per heavy atom. The van der Waals surface area contributed by atoms with Crippen LogP contribution in [-0.2, 0) is 6.54 Å². The van der Waals surface area contributed by atoms with Gasteiger partial charge >= 0.3 is 0 Å². The van der Waals surface area contributed by atoms with Crippen molar-refractivity contribution in [3.63, 3.8) is 0 Å². The predicted molar refractivity (Wildman–Crippen MR) is 70.1 cm³/mol. The molecule has 0 unspecified atom stereocenters. The number of hydrogen-bond donors (Lipinski definition) is 1. The molecule has 0 aromatic heterocycles. The van der Waals surface area contributed by atoms with Gasteiger partial charge in [-0.15, -0.1) is 0 Å². The summed E-state index contributed by atoms with van der Waals surface area (Å²) in [6.07, 6.45) is 0. The molecule has 0 aliphatic rings. The van der Waals surface area contributed by atoms with Crippen LogP contribution in [0.25, 0.3) is 0 Å². The fraction of sp³-hybridized carbons (Fsp3) is 0.0769. The minimum absolute atomic E-state index is 0.131. The molecule has 0 saturated carbocycles. The summed E-state index contributed by atoms with van der Waals surface area (Å²) >= 11 is 11.6. The lowest BCUT2D eigenvalue weighted by atomic mass is 10.2. The first-order valence-electron chi connectivity index (χ1n) is 5.29. The molecule has 0 aliphatic heterocycles. The van der Waals surface area contributed by atoms with E-state index in [2.05, 4.69) is 5.32 Å². The second-order valence-corrected chi connectivity index (χ2v) is 4.67. The average Bonchev–Trinajstić information content (AvgIpc) is 2.37. The zero-order valence-corrected chi connectivity index (χ0v) is 11.0. The van der Waals surface area contributed by atoms with Crippen LogP contribution in [-0.4, -0.2) is 0 Å². The van der Waals surface area contributed by atoms with Crippen molar-refractivity contribution < 1.29 is 13.2 Å². The number of anilines is 1. The highest BCUT2D eigenvalue weighted by atomic mass is 35.5. The van der Waals surface area contributed by atoms with Crippen LogP contribution in [0.2, 0.25) is 10.0 Å². The van der Waals surface area contributed by atoms with Crippen LogP contribution >= 0.6 is 23.2 Å². The van der Waals surface area contributed by atoms with Crippen molar-refractivity contribution in [2.24, 2.45) is 0 Å². The Hall–Kier alpha value is -1.39. The van der Waals surface area contributed by atoms with Gasteiger partial charge in [0.1, 0.15) is 0 Å². The highest BCUT2D eigenvalue weighted by molar-refractivity contribution is 6.42. The van der Waals surface area contributed by atoms with Crippen molar-refractivity contribution >= 4 is 28.9 Å². The second kappa shape index (κ2) is 5.72. The first-order chi connectivity index (χ1) is 8.97. The molecule has 2 rings (SSSR count). The molecule has 6 heteroatoms. The molecule has 0 radical (unpaired) electrons. The van der Waals surface area contributed by atoms with E-state index in [1.807, 2.05) is 0 Å². The molecule has 0 amide bonds. The lowest BCUT2D eigenvalue weighted by molar-refractivity contribution is 0.445. The highest BCUT2D eigenvalue weighted by Gasteiger charge is 2.10. The highest BCUT2D eigenvalue weighted by Crippen LogP contribution is 2.25.